The van der Waals surface area contributed by atoms with Gasteiger partial charge in [-0.25, -0.2) is 4.79 Å². The molecule has 0 saturated carbocycles. The van der Waals surface area contributed by atoms with Crippen LogP contribution in [0.1, 0.15) is 37.5 Å². The molecule has 0 aromatic heterocycles. The monoisotopic (exact) mass is 322 g/mol. The molecule has 23 heavy (non-hydrogen) atoms. The zero-order chi connectivity index (χ0) is 17.8. The fraction of sp³-hybridized carbons (Fsp3) is 0.529. The summed E-state index contributed by atoms with van der Waals surface area (Å²) in [6.45, 7) is 9.11. The molecule has 1 aromatic rings. The second-order valence-corrected chi connectivity index (χ2v) is 6.80. The van der Waals surface area contributed by atoms with Crippen LogP contribution in [0.5, 0.6) is 0 Å². The first-order valence-electron chi connectivity index (χ1n) is 7.52. The van der Waals surface area contributed by atoms with E-state index in [1.807, 2.05) is 32.0 Å². The average molecular weight is 322 g/mol. The predicted octanol–water partition coefficient (Wildman–Crippen LogP) is 1.59. The average Bonchev–Trinajstić information content (AvgIpc) is 2.33. The van der Waals surface area contributed by atoms with Crippen LogP contribution in [0.15, 0.2) is 18.2 Å². The van der Waals surface area contributed by atoms with E-state index < -0.39 is 29.7 Å². The van der Waals surface area contributed by atoms with Crippen molar-refractivity contribution in [3.8, 4) is 0 Å². The molecule has 1 aromatic carbocycles. The number of carbonyl (C=O) groups is 2. The van der Waals surface area contributed by atoms with Gasteiger partial charge in [0.2, 0.25) is 5.91 Å². The summed E-state index contributed by atoms with van der Waals surface area (Å²) in [6, 6.07) is 5.03. The molecule has 4 N–H and O–H groups in total. The third-order valence-electron chi connectivity index (χ3n) is 3.11. The quantitative estimate of drug-likeness (QED) is 0.766. The number of rotatable bonds is 5. The second kappa shape index (κ2) is 7.46. The maximum Gasteiger partial charge on any atom is 0.407 e. The number of carbonyl (C=O) groups excluding carboxylic acids is 2. The van der Waals surface area contributed by atoms with Crippen LogP contribution < -0.4 is 11.1 Å². The molecule has 6 nitrogen and oxygen atoms in total. The molecular formula is C17H26N2O4. The minimum atomic E-state index is -1.50. The third kappa shape index (κ3) is 6.69. The molecule has 0 radical (unpaired) electrons. The first kappa shape index (κ1) is 19.0. The van der Waals surface area contributed by atoms with E-state index in [-0.39, 0.29) is 6.42 Å². The molecule has 0 bridgehead atoms. The molecule has 128 valence electrons. The normalized spacial score (nSPS) is 14.0. The highest BCUT2D eigenvalue weighted by molar-refractivity contribution is 5.80. The van der Waals surface area contributed by atoms with Crippen molar-refractivity contribution in [3.63, 3.8) is 0 Å². The van der Waals surface area contributed by atoms with Crippen molar-refractivity contribution in [1.29, 1.82) is 0 Å². The van der Waals surface area contributed by atoms with Crippen LogP contribution in [0.3, 0.4) is 0 Å². The van der Waals surface area contributed by atoms with Gasteiger partial charge >= 0.3 is 6.09 Å². The summed E-state index contributed by atoms with van der Waals surface area (Å²) >= 11 is 0. The van der Waals surface area contributed by atoms with Gasteiger partial charge in [-0.1, -0.05) is 29.3 Å². The number of ether oxygens (including phenoxy) is 1. The number of aliphatic hydroxyl groups excluding tert-OH is 1. The number of benzene rings is 1. The smallest absolute Gasteiger partial charge is 0.407 e. The van der Waals surface area contributed by atoms with Gasteiger partial charge in [0, 0.05) is 0 Å². The Bertz CT molecular complexity index is 558. The number of hydrogen-bond donors (Lipinski definition) is 3. The van der Waals surface area contributed by atoms with Crippen LogP contribution in [0.4, 0.5) is 4.79 Å². The van der Waals surface area contributed by atoms with Crippen LogP contribution in [0.25, 0.3) is 0 Å². The van der Waals surface area contributed by atoms with E-state index in [9.17, 15) is 14.7 Å². The highest BCUT2D eigenvalue weighted by atomic mass is 16.6. The Morgan fingerprint density at radius 3 is 2.17 bits per heavy atom. The fourth-order valence-corrected chi connectivity index (χ4v) is 2.34. The highest BCUT2D eigenvalue weighted by Crippen LogP contribution is 2.13. The molecule has 0 spiro atoms. The molecule has 1 unspecified atom stereocenters. The van der Waals surface area contributed by atoms with Crippen molar-refractivity contribution < 1.29 is 19.4 Å². The van der Waals surface area contributed by atoms with E-state index in [0.717, 1.165) is 16.7 Å². The Balaban J connectivity index is 2.92. The van der Waals surface area contributed by atoms with Gasteiger partial charge in [-0.3, -0.25) is 4.79 Å². The molecule has 0 fully saturated rings. The lowest BCUT2D eigenvalue weighted by Crippen LogP contribution is -2.51. The highest BCUT2D eigenvalue weighted by Gasteiger charge is 2.28. The lowest BCUT2D eigenvalue weighted by atomic mass is 9.98. The molecule has 6 heteroatoms. The van der Waals surface area contributed by atoms with Crippen molar-refractivity contribution >= 4 is 12.0 Å². The maximum absolute atomic E-state index is 11.9. The Kier molecular flexibility index (Phi) is 6.15. The summed E-state index contributed by atoms with van der Waals surface area (Å²) in [6.07, 6.45) is -1.93. The summed E-state index contributed by atoms with van der Waals surface area (Å²) in [5.41, 5.74) is 7.51. The van der Waals surface area contributed by atoms with E-state index in [0.29, 0.717) is 0 Å². The van der Waals surface area contributed by atoms with Crippen molar-refractivity contribution in [3.05, 3.63) is 34.9 Å². The SMILES string of the molecule is Cc1cc(C)cc(C[C@H](NC(=O)OC(C)(C)C)C(O)C(N)=O)c1. The van der Waals surface area contributed by atoms with Crippen LogP contribution in [-0.4, -0.2) is 34.9 Å². The molecule has 0 aliphatic carbocycles. The van der Waals surface area contributed by atoms with Crippen molar-refractivity contribution in [2.45, 2.75) is 58.8 Å². The minimum absolute atomic E-state index is 0.270. The number of aliphatic hydroxyl groups is 1. The van der Waals surface area contributed by atoms with Gasteiger partial charge in [0.15, 0.2) is 6.10 Å². The van der Waals surface area contributed by atoms with Crippen LogP contribution in [-0.2, 0) is 16.0 Å². The first-order chi connectivity index (χ1) is 10.5. The van der Waals surface area contributed by atoms with Gasteiger partial charge in [0.1, 0.15) is 5.60 Å². The topological polar surface area (TPSA) is 102 Å². The van der Waals surface area contributed by atoms with Crippen molar-refractivity contribution in [2.24, 2.45) is 5.73 Å². The molecule has 2 amide bonds. The largest absolute Gasteiger partial charge is 0.444 e. The zero-order valence-corrected chi connectivity index (χ0v) is 14.3. The van der Waals surface area contributed by atoms with Gasteiger partial charge in [-0.15, -0.1) is 0 Å². The molecule has 0 aliphatic rings. The summed E-state index contributed by atoms with van der Waals surface area (Å²) in [4.78, 5) is 23.2. The summed E-state index contributed by atoms with van der Waals surface area (Å²) in [5.74, 6) is -0.893. The lowest BCUT2D eigenvalue weighted by Gasteiger charge is -2.25. The molecule has 0 saturated heterocycles. The van der Waals surface area contributed by atoms with Crippen molar-refractivity contribution in [2.75, 3.05) is 0 Å². The Labute approximate surface area is 137 Å². The Morgan fingerprint density at radius 1 is 1.22 bits per heavy atom. The fourth-order valence-electron chi connectivity index (χ4n) is 2.34. The molecule has 1 rings (SSSR count). The number of aryl methyl sites for hydroxylation is 2. The molecule has 0 aliphatic heterocycles. The van der Waals surface area contributed by atoms with Gasteiger partial charge in [-0.2, -0.15) is 0 Å². The van der Waals surface area contributed by atoms with Crippen LogP contribution in [0.2, 0.25) is 0 Å². The van der Waals surface area contributed by atoms with E-state index in [1.165, 1.54) is 0 Å². The number of nitrogens with two attached hydrogens (primary N) is 1. The standard InChI is InChI=1S/C17H26N2O4/c1-10-6-11(2)8-12(7-10)9-13(14(20)15(18)21)19-16(22)23-17(3,4)5/h6-8,13-14,20H,9H2,1-5H3,(H2,18,21)(H,19,22)/t13-,14?/m0/s1. The van der Waals surface area contributed by atoms with Crippen LogP contribution in [0, 0.1) is 13.8 Å². The number of hydrogen-bond acceptors (Lipinski definition) is 4. The zero-order valence-electron chi connectivity index (χ0n) is 14.3. The van der Waals surface area contributed by atoms with Gasteiger partial charge in [0.25, 0.3) is 0 Å². The third-order valence-corrected chi connectivity index (χ3v) is 3.11. The van der Waals surface area contributed by atoms with Crippen molar-refractivity contribution in [1.82, 2.24) is 5.32 Å². The van der Waals surface area contributed by atoms with Gasteiger partial charge in [-0.05, 0) is 46.6 Å². The number of alkyl carbamates (subject to hydrolysis) is 1. The number of nitrogens with one attached hydrogen (secondary N) is 1. The second-order valence-electron chi connectivity index (χ2n) is 6.80. The predicted molar refractivity (Wildman–Crippen MR) is 88.0 cm³/mol. The first-order valence-corrected chi connectivity index (χ1v) is 7.52. The summed E-state index contributed by atoms with van der Waals surface area (Å²) < 4.78 is 5.17. The lowest BCUT2D eigenvalue weighted by molar-refractivity contribution is -0.127. The van der Waals surface area contributed by atoms with Crippen LogP contribution >= 0.6 is 0 Å². The van der Waals surface area contributed by atoms with E-state index in [1.54, 1.807) is 20.8 Å². The Hall–Kier alpha value is -2.08. The molecule has 2 atom stereocenters. The molecular weight excluding hydrogens is 296 g/mol. The Morgan fingerprint density at radius 2 is 1.74 bits per heavy atom. The summed E-state index contributed by atoms with van der Waals surface area (Å²) in [5, 5.41) is 12.5. The molecule has 0 heterocycles. The maximum atomic E-state index is 11.9. The number of amides is 2. The minimum Gasteiger partial charge on any atom is -0.444 e. The van der Waals surface area contributed by atoms with E-state index >= 15 is 0 Å². The van der Waals surface area contributed by atoms with Gasteiger partial charge < -0.3 is 20.9 Å². The summed E-state index contributed by atoms with van der Waals surface area (Å²) in [7, 11) is 0. The number of primary amides is 1. The van der Waals surface area contributed by atoms with E-state index in [4.69, 9.17) is 10.5 Å². The van der Waals surface area contributed by atoms with E-state index in [2.05, 4.69) is 5.32 Å². The van der Waals surface area contributed by atoms with Gasteiger partial charge in [0.05, 0.1) is 6.04 Å².